The number of rotatable bonds is 7. The number of aromatic amines is 1. The number of methoxy groups -OCH3 is 2. The number of hydrogen-bond donors (Lipinski definition) is 1. The predicted molar refractivity (Wildman–Crippen MR) is 107 cm³/mol. The highest BCUT2D eigenvalue weighted by atomic mass is 16.5. The fourth-order valence-electron chi connectivity index (χ4n) is 3.78. The van der Waals surface area contributed by atoms with Crippen LogP contribution in [0.15, 0.2) is 42.5 Å². The third-order valence-corrected chi connectivity index (χ3v) is 5.21. The first-order valence-electron chi connectivity index (χ1n) is 9.44. The van der Waals surface area contributed by atoms with E-state index in [0.717, 1.165) is 49.7 Å². The number of nitrogens with one attached hydrogen (secondary N) is 1. The van der Waals surface area contributed by atoms with Crippen LogP contribution in [0.1, 0.15) is 17.7 Å². The molecular formula is C22H26N2O3. The summed E-state index contributed by atoms with van der Waals surface area (Å²) >= 11 is 0. The van der Waals surface area contributed by atoms with E-state index in [4.69, 9.17) is 14.2 Å². The van der Waals surface area contributed by atoms with Crippen molar-refractivity contribution in [2.45, 2.75) is 19.4 Å². The van der Waals surface area contributed by atoms with Gasteiger partial charge in [0, 0.05) is 42.7 Å². The Morgan fingerprint density at radius 3 is 2.70 bits per heavy atom. The van der Waals surface area contributed by atoms with Crippen molar-refractivity contribution >= 4 is 10.9 Å². The van der Waals surface area contributed by atoms with Gasteiger partial charge in [-0.1, -0.05) is 12.1 Å². The lowest BCUT2D eigenvalue weighted by molar-refractivity contribution is 0.218. The Kier molecular flexibility index (Phi) is 5.21. The molecule has 4 rings (SSSR count). The van der Waals surface area contributed by atoms with Gasteiger partial charge in [0.05, 0.1) is 20.8 Å². The molecule has 0 fully saturated rings. The molecule has 5 heteroatoms. The fraction of sp³-hybridized carbons (Fsp3) is 0.364. The molecule has 3 aromatic rings. The number of aromatic nitrogens is 1. The highest BCUT2D eigenvalue weighted by Gasteiger charge is 2.20. The zero-order chi connectivity index (χ0) is 18.6. The van der Waals surface area contributed by atoms with Crippen LogP contribution in [-0.2, 0) is 13.0 Å². The summed E-state index contributed by atoms with van der Waals surface area (Å²) in [4.78, 5) is 6.07. The molecule has 2 heterocycles. The summed E-state index contributed by atoms with van der Waals surface area (Å²) in [6, 6.07) is 14.1. The molecule has 5 nitrogen and oxygen atoms in total. The van der Waals surface area contributed by atoms with Crippen molar-refractivity contribution in [1.29, 1.82) is 0 Å². The lowest BCUT2D eigenvalue weighted by atomic mass is 10.0. The molecule has 0 bridgehead atoms. The Hall–Kier alpha value is -2.66. The van der Waals surface area contributed by atoms with E-state index < -0.39 is 0 Å². The molecule has 0 saturated carbocycles. The van der Waals surface area contributed by atoms with Crippen LogP contribution in [0, 0.1) is 0 Å². The maximum absolute atomic E-state index is 5.90. The van der Waals surface area contributed by atoms with Crippen molar-refractivity contribution in [3.63, 3.8) is 0 Å². The quantitative estimate of drug-likeness (QED) is 0.642. The van der Waals surface area contributed by atoms with E-state index in [1.807, 2.05) is 30.3 Å². The number of nitrogens with zero attached hydrogens (tertiary/aromatic N) is 1. The van der Waals surface area contributed by atoms with Crippen molar-refractivity contribution in [3.05, 3.63) is 53.7 Å². The van der Waals surface area contributed by atoms with E-state index in [2.05, 4.69) is 22.0 Å². The van der Waals surface area contributed by atoms with Crippen LogP contribution >= 0.6 is 0 Å². The Labute approximate surface area is 159 Å². The molecule has 1 aliphatic heterocycles. The minimum Gasteiger partial charge on any atom is -0.497 e. The normalized spacial score (nSPS) is 14.1. The van der Waals surface area contributed by atoms with Crippen LogP contribution in [0.25, 0.3) is 10.9 Å². The second-order valence-electron chi connectivity index (χ2n) is 6.87. The molecule has 0 aliphatic carbocycles. The van der Waals surface area contributed by atoms with E-state index in [-0.39, 0.29) is 0 Å². The molecule has 0 atom stereocenters. The van der Waals surface area contributed by atoms with E-state index in [9.17, 15) is 0 Å². The van der Waals surface area contributed by atoms with Gasteiger partial charge in [0.25, 0.3) is 0 Å². The highest BCUT2D eigenvalue weighted by Crippen LogP contribution is 2.30. The zero-order valence-electron chi connectivity index (χ0n) is 16.0. The first-order chi connectivity index (χ1) is 13.3. The summed E-state index contributed by atoms with van der Waals surface area (Å²) in [5.74, 6) is 2.50. The van der Waals surface area contributed by atoms with Gasteiger partial charge in [0.2, 0.25) is 0 Å². The second-order valence-corrected chi connectivity index (χ2v) is 6.87. The molecule has 1 aliphatic rings. The first-order valence-corrected chi connectivity index (χ1v) is 9.44. The molecule has 0 unspecified atom stereocenters. The van der Waals surface area contributed by atoms with Crippen molar-refractivity contribution in [1.82, 2.24) is 9.88 Å². The summed E-state index contributed by atoms with van der Waals surface area (Å²) in [7, 11) is 3.39. The van der Waals surface area contributed by atoms with E-state index >= 15 is 0 Å². The average molecular weight is 366 g/mol. The third kappa shape index (κ3) is 3.74. The molecule has 142 valence electrons. The van der Waals surface area contributed by atoms with Crippen LogP contribution in [-0.4, -0.2) is 43.8 Å². The molecule has 27 heavy (non-hydrogen) atoms. The van der Waals surface area contributed by atoms with Gasteiger partial charge < -0.3 is 19.2 Å². The SMILES string of the molecule is COc1ccc2[nH]c3c(c2c1)CN(CCCOc1ccccc1OC)CC3. The van der Waals surface area contributed by atoms with E-state index in [1.54, 1.807) is 14.2 Å². The number of benzene rings is 2. The smallest absolute Gasteiger partial charge is 0.161 e. The van der Waals surface area contributed by atoms with Crippen LogP contribution in [0.5, 0.6) is 17.2 Å². The van der Waals surface area contributed by atoms with Gasteiger partial charge in [-0.15, -0.1) is 0 Å². The van der Waals surface area contributed by atoms with Gasteiger partial charge in [-0.2, -0.15) is 0 Å². The monoisotopic (exact) mass is 366 g/mol. The lowest BCUT2D eigenvalue weighted by Crippen LogP contribution is -2.31. The van der Waals surface area contributed by atoms with Crippen LogP contribution in [0.3, 0.4) is 0 Å². The topological polar surface area (TPSA) is 46.7 Å². The average Bonchev–Trinajstić information content (AvgIpc) is 3.08. The number of hydrogen-bond acceptors (Lipinski definition) is 4. The molecule has 1 N–H and O–H groups in total. The fourth-order valence-corrected chi connectivity index (χ4v) is 3.78. The number of ether oxygens (including phenoxy) is 3. The number of H-pyrrole nitrogens is 1. The highest BCUT2D eigenvalue weighted by molar-refractivity contribution is 5.86. The molecular weight excluding hydrogens is 340 g/mol. The van der Waals surface area contributed by atoms with Gasteiger partial charge >= 0.3 is 0 Å². The summed E-state index contributed by atoms with van der Waals surface area (Å²) in [5, 5.41) is 1.28. The number of fused-ring (bicyclic) bond motifs is 3. The molecule has 0 radical (unpaired) electrons. The molecule has 0 amide bonds. The molecule has 0 saturated heterocycles. The molecule has 1 aromatic heterocycles. The van der Waals surface area contributed by atoms with Gasteiger partial charge in [0.15, 0.2) is 11.5 Å². The molecule has 2 aromatic carbocycles. The minimum absolute atomic E-state index is 0.686. The van der Waals surface area contributed by atoms with Gasteiger partial charge in [0.1, 0.15) is 5.75 Å². The lowest BCUT2D eigenvalue weighted by Gasteiger charge is -2.27. The third-order valence-electron chi connectivity index (χ3n) is 5.21. The van der Waals surface area contributed by atoms with E-state index in [0.29, 0.717) is 6.61 Å². The Balaban J connectivity index is 1.36. The summed E-state index contributed by atoms with van der Waals surface area (Å²) in [5.41, 5.74) is 3.96. The summed E-state index contributed by atoms with van der Waals surface area (Å²) in [6.45, 7) is 3.75. The van der Waals surface area contributed by atoms with E-state index in [1.165, 1.54) is 22.2 Å². The number of para-hydroxylation sites is 2. The minimum atomic E-state index is 0.686. The van der Waals surface area contributed by atoms with Gasteiger partial charge in [-0.3, -0.25) is 4.90 Å². The second kappa shape index (κ2) is 7.92. The van der Waals surface area contributed by atoms with Crippen molar-refractivity contribution < 1.29 is 14.2 Å². The molecule has 0 spiro atoms. The maximum atomic E-state index is 5.90. The van der Waals surface area contributed by atoms with Gasteiger partial charge in [-0.05, 0) is 42.3 Å². The van der Waals surface area contributed by atoms with Crippen molar-refractivity contribution in [2.24, 2.45) is 0 Å². The maximum Gasteiger partial charge on any atom is 0.161 e. The predicted octanol–water partition coefficient (Wildman–Crippen LogP) is 4.01. The summed E-state index contributed by atoms with van der Waals surface area (Å²) < 4.78 is 16.6. The Morgan fingerprint density at radius 2 is 1.89 bits per heavy atom. The van der Waals surface area contributed by atoms with Gasteiger partial charge in [-0.25, -0.2) is 0 Å². The standard InChI is InChI=1S/C22H26N2O3/c1-25-16-8-9-19-17(14-16)18-15-24(12-10-20(18)23-19)11-5-13-27-22-7-4-3-6-21(22)26-2/h3-4,6-9,14,23H,5,10-13,15H2,1-2H3. The van der Waals surface area contributed by atoms with Crippen LogP contribution in [0.2, 0.25) is 0 Å². The Bertz CT molecular complexity index is 919. The van der Waals surface area contributed by atoms with Crippen molar-refractivity contribution in [3.8, 4) is 17.2 Å². The van der Waals surface area contributed by atoms with Crippen molar-refractivity contribution in [2.75, 3.05) is 33.9 Å². The Morgan fingerprint density at radius 1 is 1.04 bits per heavy atom. The zero-order valence-corrected chi connectivity index (χ0v) is 16.0. The van der Waals surface area contributed by atoms with Crippen LogP contribution < -0.4 is 14.2 Å². The van der Waals surface area contributed by atoms with Crippen LogP contribution in [0.4, 0.5) is 0 Å². The summed E-state index contributed by atoms with van der Waals surface area (Å²) in [6.07, 6.45) is 2.04. The first kappa shape index (κ1) is 17.7. The largest absolute Gasteiger partial charge is 0.497 e.